The van der Waals surface area contributed by atoms with Crippen molar-refractivity contribution in [1.29, 1.82) is 0 Å². The predicted molar refractivity (Wildman–Crippen MR) is 83.2 cm³/mol. The Morgan fingerprint density at radius 1 is 1.09 bits per heavy atom. The Labute approximate surface area is 132 Å². The first-order valence-corrected chi connectivity index (χ1v) is 8.00. The summed E-state index contributed by atoms with van der Waals surface area (Å²) < 4.78 is 0. The topological polar surface area (TPSA) is 95.5 Å². The van der Waals surface area contributed by atoms with Crippen LogP contribution in [0.2, 0.25) is 0 Å². The van der Waals surface area contributed by atoms with Gasteiger partial charge in [0.05, 0.1) is 5.92 Å². The molecule has 1 saturated carbocycles. The maximum absolute atomic E-state index is 11.8. The van der Waals surface area contributed by atoms with Crippen LogP contribution in [0.3, 0.4) is 0 Å². The van der Waals surface area contributed by atoms with Crippen LogP contribution in [0.5, 0.6) is 0 Å². The van der Waals surface area contributed by atoms with E-state index < -0.39 is 11.4 Å². The van der Waals surface area contributed by atoms with E-state index in [0.29, 0.717) is 32.2 Å². The number of carbonyl (C=O) groups excluding carboxylic acids is 2. The molecule has 0 aliphatic heterocycles. The monoisotopic (exact) mass is 312 g/mol. The smallest absolute Gasteiger partial charge is 0.306 e. The number of hydrogen-bond acceptors (Lipinski definition) is 3. The highest BCUT2D eigenvalue weighted by molar-refractivity contribution is 5.81. The third kappa shape index (κ3) is 6.45. The predicted octanol–water partition coefficient (Wildman–Crippen LogP) is 1.69. The van der Waals surface area contributed by atoms with Gasteiger partial charge in [0, 0.05) is 24.4 Å². The number of carbonyl (C=O) groups is 3. The maximum Gasteiger partial charge on any atom is 0.306 e. The fourth-order valence-electron chi connectivity index (χ4n) is 2.50. The summed E-state index contributed by atoms with van der Waals surface area (Å²) in [6.45, 7) is 6.04. The standard InChI is InChI=1S/C16H28N2O4/c1-16(2,3)15(22)17-10-4-5-13(19)18-12-8-6-11(7-9-12)14(20)21/h11-12H,4-10H2,1-3H3,(H,17,22)(H,18,19)(H,20,21). The van der Waals surface area contributed by atoms with E-state index in [1.807, 2.05) is 20.8 Å². The molecule has 0 unspecified atom stereocenters. The van der Waals surface area contributed by atoms with Crippen LogP contribution in [0.4, 0.5) is 0 Å². The van der Waals surface area contributed by atoms with E-state index in [1.165, 1.54) is 0 Å². The minimum atomic E-state index is -0.737. The summed E-state index contributed by atoms with van der Waals surface area (Å²) in [6.07, 6.45) is 3.69. The molecule has 0 atom stereocenters. The van der Waals surface area contributed by atoms with Crippen molar-refractivity contribution in [2.75, 3.05) is 6.54 Å². The summed E-state index contributed by atoms with van der Waals surface area (Å²) in [5.74, 6) is -1.04. The third-order valence-corrected chi connectivity index (χ3v) is 3.99. The van der Waals surface area contributed by atoms with E-state index in [2.05, 4.69) is 10.6 Å². The van der Waals surface area contributed by atoms with Crippen molar-refractivity contribution in [3.05, 3.63) is 0 Å². The second kappa shape index (κ2) is 8.15. The molecule has 1 fully saturated rings. The zero-order valence-electron chi connectivity index (χ0n) is 13.8. The molecule has 0 aromatic carbocycles. The molecule has 0 spiro atoms. The number of rotatable bonds is 6. The molecular formula is C16H28N2O4. The van der Waals surface area contributed by atoms with Gasteiger partial charge >= 0.3 is 5.97 Å². The highest BCUT2D eigenvalue weighted by Gasteiger charge is 2.26. The molecule has 1 rings (SSSR count). The van der Waals surface area contributed by atoms with E-state index in [-0.39, 0.29) is 23.8 Å². The quantitative estimate of drug-likeness (QED) is 0.650. The molecule has 22 heavy (non-hydrogen) atoms. The summed E-state index contributed by atoms with van der Waals surface area (Å²) >= 11 is 0. The van der Waals surface area contributed by atoms with Crippen LogP contribution >= 0.6 is 0 Å². The van der Waals surface area contributed by atoms with Gasteiger partial charge < -0.3 is 15.7 Å². The van der Waals surface area contributed by atoms with Crippen molar-refractivity contribution < 1.29 is 19.5 Å². The van der Waals surface area contributed by atoms with Gasteiger partial charge in [0.25, 0.3) is 0 Å². The van der Waals surface area contributed by atoms with Crippen molar-refractivity contribution in [1.82, 2.24) is 10.6 Å². The second-order valence-electron chi connectivity index (χ2n) is 7.06. The third-order valence-electron chi connectivity index (χ3n) is 3.99. The van der Waals surface area contributed by atoms with Gasteiger partial charge in [-0.25, -0.2) is 0 Å². The van der Waals surface area contributed by atoms with Crippen LogP contribution in [-0.4, -0.2) is 35.5 Å². The fourth-order valence-corrected chi connectivity index (χ4v) is 2.50. The molecule has 6 heteroatoms. The van der Waals surface area contributed by atoms with Gasteiger partial charge in [-0.1, -0.05) is 20.8 Å². The molecule has 2 amide bonds. The average Bonchev–Trinajstić information content (AvgIpc) is 2.42. The van der Waals surface area contributed by atoms with Gasteiger partial charge in [-0.3, -0.25) is 14.4 Å². The van der Waals surface area contributed by atoms with Crippen LogP contribution in [0, 0.1) is 11.3 Å². The fraction of sp³-hybridized carbons (Fsp3) is 0.812. The summed E-state index contributed by atoms with van der Waals surface area (Å²) in [4.78, 5) is 34.3. The minimum absolute atomic E-state index is 0.0140. The molecule has 126 valence electrons. The van der Waals surface area contributed by atoms with Crippen molar-refractivity contribution in [3.8, 4) is 0 Å². The van der Waals surface area contributed by atoms with Gasteiger partial charge in [0.1, 0.15) is 0 Å². The molecule has 3 N–H and O–H groups in total. The Hall–Kier alpha value is -1.59. The van der Waals surface area contributed by atoms with Crippen molar-refractivity contribution in [3.63, 3.8) is 0 Å². The molecule has 1 aliphatic rings. The number of nitrogens with one attached hydrogen (secondary N) is 2. The lowest BCUT2D eigenvalue weighted by molar-refractivity contribution is -0.142. The Morgan fingerprint density at radius 3 is 2.18 bits per heavy atom. The molecule has 0 radical (unpaired) electrons. The van der Waals surface area contributed by atoms with Crippen molar-refractivity contribution in [2.45, 2.75) is 65.3 Å². The van der Waals surface area contributed by atoms with Gasteiger partial charge in [0.15, 0.2) is 0 Å². The first kappa shape index (κ1) is 18.5. The van der Waals surface area contributed by atoms with E-state index in [9.17, 15) is 14.4 Å². The summed E-state index contributed by atoms with van der Waals surface area (Å²) in [7, 11) is 0. The van der Waals surface area contributed by atoms with Crippen molar-refractivity contribution in [2.24, 2.45) is 11.3 Å². The van der Waals surface area contributed by atoms with Gasteiger partial charge in [-0.2, -0.15) is 0 Å². The highest BCUT2D eigenvalue weighted by Crippen LogP contribution is 2.24. The Balaban J connectivity index is 2.14. The highest BCUT2D eigenvalue weighted by atomic mass is 16.4. The molecular weight excluding hydrogens is 284 g/mol. The zero-order valence-corrected chi connectivity index (χ0v) is 13.8. The molecule has 0 saturated heterocycles. The number of hydrogen-bond donors (Lipinski definition) is 3. The molecule has 0 bridgehead atoms. The second-order valence-corrected chi connectivity index (χ2v) is 7.06. The molecule has 6 nitrogen and oxygen atoms in total. The molecule has 1 aliphatic carbocycles. The Bertz CT molecular complexity index is 407. The molecule has 0 aromatic rings. The number of aliphatic carboxylic acids is 1. The van der Waals surface area contributed by atoms with Crippen molar-refractivity contribution >= 4 is 17.8 Å². The number of carboxylic acids is 1. The normalized spacial score (nSPS) is 22.0. The zero-order chi connectivity index (χ0) is 16.8. The van der Waals surface area contributed by atoms with Crippen LogP contribution in [0.25, 0.3) is 0 Å². The first-order chi connectivity index (χ1) is 10.2. The van der Waals surface area contributed by atoms with Gasteiger partial charge in [-0.05, 0) is 32.1 Å². The van der Waals surface area contributed by atoms with E-state index in [0.717, 1.165) is 12.8 Å². The maximum atomic E-state index is 11.8. The average molecular weight is 312 g/mol. The van der Waals surface area contributed by atoms with E-state index in [1.54, 1.807) is 0 Å². The first-order valence-electron chi connectivity index (χ1n) is 8.00. The lowest BCUT2D eigenvalue weighted by Gasteiger charge is -2.26. The lowest BCUT2D eigenvalue weighted by atomic mass is 9.86. The SMILES string of the molecule is CC(C)(C)C(=O)NCCCC(=O)NC1CCC(C(=O)O)CC1. The number of amides is 2. The lowest BCUT2D eigenvalue weighted by Crippen LogP contribution is -2.39. The largest absolute Gasteiger partial charge is 0.481 e. The molecule has 0 heterocycles. The molecule has 0 aromatic heterocycles. The Morgan fingerprint density at radius 2 is 1.68 bits per heavy atom. The summed E-state index contributed by atoms with van der Waals surface area (Å²) in [5, 5.41) is 14.7. The van der Waals surface area contributed by atoms with Crippen LogP contribution in [0.1, 0.15) is 59.3 Å². The van der Waals surface area contributed by atoms with E-state index in [4.69, 9.17) is 5.11 Å². The van der Waals surface area contributed by atoms with Gasteiger partial charge in [-0.15, -0.1) is 0 Å². The summed E-state index contributed by atoms with van der Waals surface area (Å²) in [6, 6.07) is 0.0901. The van der Waals surface area contributed by atoms with Crippen LogP contribution in [0.15, 0.2) is 0 Å². The minimum Gasteiger partial charge on any atom is -0.481 e. The summed E-state index contributed by atoms with van der Waals surface area (Å²) in [5.41, 5.74) is -0.412. The number of carboxylic acid groups (broad SMARTS) is 1. The van der Waals surface area contributed by atoms with Crippen LogP contribution in [-0.2, 0) is 14.4 Å². The van der Waals surface area contributed by atoms with Gasteiger partial charge in [0.2, 0.25) is 11.8 Å². The van der Waals surface area contributed by atoms with E-state index >= 15 is 0 Å². The Kier molecular flexibility index (Phi) is 6.84. The van der Waals surface area contributed by atoms with Crippen LogP contribution < -0.4 is 10.6 Å².